The van der Waals surface area contributed by atoms with Crippen molar-refractivity contribution < 1.29 is 38.8 Å². The lowest BCUT2D eigenvalue weighted by Crippen LogP contribution is -2.48. The molecule has 0 spiro atoms. The number of benzene rings is 3. The largest absolute Gasteiger partial charge is 0.481 e. The van der Waals surface area contributed by atoms with Crippen LogP contribution < -0.4 is 5.32 Å². The molecule has 10 heteroatoms. The Morgan fingerprint density at radius 3 is 2.32 bits per heavy atom. The molecule has 2 saturated heterocycles. The number of nitrogens with one attached hydrogen (secondary N) is 1. The second-order valence-electron chi connectivity index (χ2n) is 14.3. The van der Waals surface area contributed by atoms with Crippen LogP contribution in [-0.2, 0) is 41.7 Å². The molecule has 2 aliphatic heterocycles. The summed E-state index contributed by atoms with van der Waals surface area (Å²) in [4.78, 5) is 38.4. The Kier molecular flexibility index (Phi) is 12.4. The van der Waals surface area contributed by atoms with E-state index in [9.17, 15) is 19.5 Å². The predicted molar refractivity (Wildman–Crippen MR) is 189 cm³/mol. The van der Waals surface area contributed by atoms with Gasteiger partial charge in [-0.3, -0.25) is 19.3 Å². The number of likely N-dealkylation sites (tertiary alicyclic amines) is 1. The second-order valence-corrected chi connectivity index (χ2v) is 14.3. The van der Waals surface area contributed by atoms with Crippen LogP contribution in [0.15, 0.2) is 72.8 Å². The second kappa shape index (κ2) is 16.7. The van der Waals surface area contributed by atoms with Gasteiger partial charge in [-0.15, -0.1) is 0 Å². The first-order valence-corrected chi connectivity index (χ1v) is 17.6. The van der Waals surface area contributed by atoms with Crippen molar-refractivity contribution in [3.8, 4) is 11.1 Å². The molecule has 0 bridgehead atoms. The molecule has 5 rings (SSSR count). The Labute approximate surface area is 294 Å². The lowest BCUT2D eigenvalue weighted by molar-refractivity contribution is -0.276. The molecule has 0 aliphatic carbocycles. The first-order chi connectivity index (χ1) is 23.9. The summed E-state index contributed by atoms with van der Waals surface area (Å²) in [7, 11) is 0. The minimum Gasteiger partial charge on any atom is -0.481 e. The fourth-order valence-electron chi connectivity index (χ4n) is 6.70. The van der Waals surface area contributed by atoms with Crippen LogP contribution in [0.3, 0.4) is 0 Å². The first kappa shape index (κ1) is 37.2. The van der Waals surface area contributed by atoms with Gasteiger partial charge in [-0.05, 0) is 74.4 Å². The van der Waals surface area contributed by atoms with E-state index >= 15 is 0 Å². The molecular weight excluding hydrogens is 636 g/mol. The maximum Gasteiger partial charge on any atom is 0.323 e. The molecule has 3 aromatic rings. The van der Waals surface area contributed by atoms with Gasteiger partial charge in [0.15, 0.2) is 6.29 Å². The van der Waals surface area contributed by atoms with E-state index in [0.717, 1.165) is 52.8 Å². The van der Waals surface area contributed by atoms with Gasteiger partial charge < -0.3 is 29.7 Å². The maximum absolute atomic E-state index is 13.1. The van der Waals surface area contributed by atoms with Crippen molar-refractivity contribution in [1.29, 1.82) is 0 Å². The summed E-state index contributed by atoms with van der Waals surface area (Å²) >= 11 is 0. The molecule has 3 N–H and O–H groups in total. The van der Waals surface area contributed by atoms with Crippen LogP contribution in [0, 0.1) is 5.92 Å². The van der Waals surface area contributed by atoms with Gasteiger partial charge in [0.2, 0.25) is 5.91 Å². The SMILES string of the molecule is C[C@H]1[C@@H](CN2CCC[C@H]2C(=O)OC(C)(C)C)O[C@@H](c2ccc(-c3ccccc3CNC(=O)CCCC(=O)O)cc2)O[C@H]1c1ccc(CO)cc1. The van der Waals surface area contributed by atoms with Crippen LogP contribution in [0.2, 0.25) is 0 Å². The molecule has 2 heterocycles. The molecule has 50 heavy (non-hydrogen) atoms. The fraction of sp³-hybridized carbons (Fsp3) is 0.475. The van der Waals surface area contributed by atoms with Crippen molar-refractivity contribution in [1.82, 2.24) is 10.2 Å². The van der Waals surface area contributed by atoms with E-state index in [1.807, 2.05) is 93.6 Å². The van der Waals surface area contributed by atoms with Crippen LogP contribution in [0.5, 0.6) is 0 Å². The van der Waals surface area contributed by atoms with Crippen molar-refractivity contribution in [2.24, 2.45) is 5.92 Å². The molecule has 10 nitrogen and oxygen atoms in total. The molecule has 3 aromatic carbocycles. The van der Waals surface area contributed by atoms with E-state index in [1.165, 1.54) is 0 Å². The van der Waals surface area contributed by atoms with Crippen LogP contribution in [0.25, 0.3) is 11.1 Å². The number of nitrogens with zero attached hydrogens (tertiary/aromatic N) is 1. The fourth-order valence-corrected chi connectivity index (χ4v) is 6.70. The number of hydrogen-bond acceptors (Lipinski definition) is 8. The Morgan fingerprint density at radius 1 is 0.940 bits per heavy atom. The lowest BCUT2D eigenvalue weighted by atomic mass is 9.89. The molecular formula is C40H50N2O8. The van der Waals surface area contributed by atoms with Crippen molar-refractivity contribution in [3.05, 3.63) is 95.1 Å². The zero-order valence-corrected chi connectivity index (χ0v) is 29.5. The predicted octanol–water partition coefficient (Wildman–Crippen LogP) is 6.31. The topological polar surface area (TPSA) is 135 Å². The number of esters is 1. The lowest BCUT2D eigenvalue weighted by Gasteiger charge is -2.43. The van der Waals surface area contributed by atoms with Crippen molar-refractivity contribution in [2.75, 3.05) is 13.1 Å². The van der Waals surface area contributed by atoms with Crippen LogP contribution >= 0.6 is 0 Å². The van der Waals surface area contributed by atoms with Gasteiger partial charge in [0.1, 0.15) is 11.6 Å². The Hall–Kier alpha value is -4.09. The summed E-state index contributed by atoms with van der Waals surface area (Å²) in [5.74, 6) is -1.32. The molecule has 0 aromatic heterocycles. The van der Waals surface area contributed by atoms with Gasteiger partial charge >= 0.3 is 11.9 Å². The van der Waals surface area contributed by atoms with Crippen molar-refractivity contribution in [2.45, 2.75) is 103 Å². The summed E-state index contributed by atoms with van der Waals surface area (Å²) in [6.07, 6.45) is 0.908. The standard InChI is InChI=1S/C40H50N2O8/c1-26-34(24-42-22-8-11-33(42)38(47)50-40(2,3)4)48-39(49-37(26)29-16-14-27(25-43)15-17-29)30-20-18-28(19-21-30)32-10-6-5-9-31(32)23-41-35(44)12-7-13-36(45)46/h5-6,9-10,14-21,26,33-34,37,39,43H,7-8,11-13,22-25H2,1-4H3,(H,41,44)(H,45,46)/t26-,33-,34+,37+,39+/m0/s1. The number of aliphatic carboxylic acids is 1. The summed E-state index contributed by atoms with van der Waals surface area (Å²) in [5.41, 5.74) is 5.01. The average Bonchev–Trinajstić information content (AvgIpc) is 3.56. The minimum absolute atomic E-state index is 0.0309. The third-order valence-electron chi connectivity index (χ3n) is 9.36. The first-order valence-electron chi connectivity index (χ1n) is 17.6. The Morgan fingerprint density at radius 2 is 1.64 bits per heavy atom. The number of amides is 1. The van der Waals surface area contributed by atoms with Crippen molar-refractivity contribution in [3.63, 3.8) is 0 Å². The van der Waals surface area contributed by atoms with E-state index in [-0.39, 0.29) is 55.5 Å². The minimum atomic E-state index is -0.911. The molecule has 0 unspecified atom stereocenters. The smallest absolute Gasteiger partial charge is 0.323 e. The van der Waals surface area contributed by atoms with Gasteiger partial charge in [-0.25, -0.2) is 0 Å². The summed E-state index contributed by atoms with van der Waals surface area (Å²) in [5, 5.41) is 21.4. The van der Waals surface area contributed by atoms with Crippen LogP contribution in [-0.4, -0.2) is 63.8 Å². The highest BCUT2D eigenvalue weighted by Gasteiger charge is 2.42. The van der Waals surface area contributed by atoms with Gasteiger partial charge in [0.05, 0.1) is 18.8 Å². The molecule has 0 radical (unpaired) electrons. The van der Waals surface area contributed by atoms with Gasteiger partial charge in [-0.2, -0.15) is 0 Å². The quantitative estimate of drug-likeness (QED) is 0.177. The van der Waals surface area contributed by atoms with E-state index in [0.29, 0.717) is 19.5 Å². The highest BCUT2D eigenvalue weighted by molar-refractivity contribution is 5.77. The summed E-state index contributed by atoms with van der Waals surface area (Å²) in [6, 6.07) is 23.4. The maximum atomic E-state index is 13.1. The number of rotatable bonds is 13. The normalized spacial score (nSPS) is 22.6. The van der Waals surface area contributed by atoms with Gasteiger partial charge in [0, 0.05) is 37.4 Å². The average molecular weight is 687 g/mol. The molecule has 0 saturated carbocycles. The summed E-state index contributed by atoms with van der Waals surface area (Å²) in [6.45, 7) is 9.43. The molecule has 2 aliphatic rings. The van der Waals surface area contributed by atoms with E-state index < -0.39 is 17.9 Å². The van der Waals surface area contributed by atoms with E-state index in [2.05, 4.69) is 17.1 Å². The number of ether oxygens (including phenoxy) is 3. The van der Waals surface area contributed by atoms with Crippen LogP contribution in [0.4, 0.5) is 0 Å². The number of carboxylic acid groups (broad SMARTS) is 1. The highest BCUT2D eigenvalue weighted by atomic mass is 16.7. The zero-order chi connectivity index (χ0) is 35.8. The third kappa shape index (κ3) is 9.78. The monoisotopic (exact) mass is 686 g/mol. The number of carbonyl (C=O) groups is 3. The van der Waals surface area contributed by atoms with E-state index in [4.69, 9.17) is 19.3 Å². The molecule has 1 amide bonds. The highest BCUT2D eigenvalue weighted by Crippen LogP contribution is 2.43. The molecule has 268 valence electrons. The molecule has 5 atom stereocenters. The number of hydrogen-bond donors (Lipinski definition) is 3. The Bertz CT molecular complexity index is 1600. The van der Waals surface area contributed by atoms with Gasteiger partial charge in [-0.1, -0.05) is 79.7 Å². The number of aliphatic hydroxyl groups excluding tert-OH is 1. The third-order valence-corrected chi connectivity index (χ3v) is 9.36. The number of aliphatic hydroxyl groups is 1. The van der Waals surface area contributed by atoms with Gasteiger partial charge in [0.25, 0.3) is 0 Å². The Balaban J connectivity index is 1.34. The zero-order valence-electron chi connectivity index (χ0n) is 29.5. The van der Waals surface area contributed by atoms with E-state index in [1.54, 1.807) is 0 Å². The molecule has 2 fully saturated rings. The summed E-state index contributed by atoms with van der Waals surface area (Å²) < 4.78 is 19.2. The van der Waals surface area contributed by atoms with Crippen molar-refractivity contribution >= 4 is 17.8 Å². The number of carbonyl (C=O) groups excluding carboxylic acids is 2. The van der Waals surface area contributed by atoms with Crippen LogP contribution in [0.1, 0.15) is 94.4 Å². The number of carboxylic acids is 1.